The first-order chi connectivity index (χ1) is 13.9. The molecule has 1 N–H and O–H groups in total. The third kappa shape index (κ3) is 4.92. The van der Waals surface area contributed by atoms with Gasteiger partial charge in [0.2, 0.25) is 5.95 Å². The predicted molar refractivity (Wildman–Crippen MR) is 109 cm³/mol. The molecule has 0 amide bonds. The summed E-state index contributed by atoms with van der Waals surface area (Å²) in [4.78, 5) is 16.8. The number of hydrogen-bond donors (Lipinski definition) is 1. The second kappa shape index (κ2) is 8.76. The molecule has 8 heteroatoms. The van der Waals surface area contributed by atoms with Crippen LogP contribution in [-0.2, 0) is 6.54 Å². The van der Waals surface area contributed by atoms with E-state index in [1.165, 1.54) is 22.9 Å². The molecule has 0 aliphatic rings. The van der Waals surface area contributed by atoms with Crippen molar-refractivity contribution in [2.75, 3.05) is 5.32 Å². The second-order valence-electron chi connectivity index (χ2n) is 6.56. The van der Waals surface area contributed by atoms with Gasteiger partial charge in [0.25, 0.3) is 5.56 Å². The molecule has 29 heavy (non-hydrogen) atoms. The van der Waals surface area contributed by atoms with Crippen LogP contribution in [0.5, 0.6) is 5.75 Å². The van der Waals surface area contributed by atoms with Gasteiger partial charge in [0, 0.05) is 16.8 Å². The average Bonchev–Trinajstić information content (AvgIpc) is 2.68. The zero-order valence-electron chi connectivity index (χ0n) is 15.8. The van der Waals surface area contributed by atoms with Crippen molar-refractivity contribution in [1.29, 1.82) is 5.26 Å². The van der Waals surface area contributed by atoms with E-state index in [4.69, 9.17) is 21.6 Å². The molecule has 0 atom stereocenters. The summed E-state index contributed by atoms with van der Waals surface area (Å²) in [6, 6.07) is 13.2. The number of benzene rings is 2. The zero-order valence-corrected chi connectivity index (χ0v) is 16.6. The van der Waals surface area contributed by atoms with Crippen molar-refractivity contribution in [2.45, 2.75) is 26.5 Å². The molecule has 3 aromatic rings. The molecule has 0 saturated heterocycles. The summed E-state index contributed by atoms with van der Waals surface area (Å²) in [5.74, 6) is -0.221. The molecule has 0 saturated carbocycles. The molecule has 0 aliphatic carbocycles. The van der Waals surface area contributed by atoms with Crippen molar-refractivity contribution in [1.82, 2.24) is 9.55 Å². The van der Waals surface area contributed by atoms with E-state index in [9.17, 15) is 9.18 Å². The van der Waals surface area contributed by atoms with Crippen LogP contribution in [0.4, 0.5) is 16.0 Å². The smallest absolute Gasteiger partial charge is 0.273 e. The van der Waals surface area contributed by atoms with Gasteiger partial charge in [-0.25, -0.2) is 9.37 Å². The van der Waals surface area contributed by atoms with Gasteiger partial charge < -0.3 is 10.1 Å². The number of halogens is 2. The first-order valence-corrected chi connectivity index (χ1v) is 9.23. The molecule has 0 fully saturated rings. The number of aromatic nitrogens is 2. The largest absolute Gasteiger partial charge is 0.488 e. The van der Waals surface area contributed by atoms with E-state index in [2.05, 4.69) is 10.3 Å². The number of ether oxygens (including phenoxy) is 1. The molecule has 1 aromatic heterocycles. The van der Waals surface area contributed by atoms with E-state index in [0.29, 0.717) is 10.7 Å². The molecule has 3 rings (SSSR count). The maximum absolute atomic E-state index is 14.3. The molecule has 0 bridgehead atoms. The summed E-state index contributed by atoms with van der Waals surface area (Å²) in [6.45, 7) is 3.78. The molecule has 0 aliphatic heterocycles. The van der Waals surface area contributed by atoms with E-state index in [1.807, 2.05) is 19.9 Å². The van der Waals surface area contributed by atoms with Crippen LogP contribution in [0.1, 0.15) is 25.0 Å². The highest BCUT2D eigenvalue weighted by molar-refractivity contribution is 6.30. The fourth-order valence-corrected chi connectivity index (χ4v) is 2.77. The van der Waals surface area contributed by atoms with Gasteiger partial charge in [-0.1, -0.05) is 23.7 Å². The van der Waals surface area contributed by atoms with Crippen LogP contribution in [-0.4, -0.2) is 15.7 Å². The Kier molecular flexibility index (Phi) is 6.15. The molecular formula is C21H18ClFN4O2. The van der Waals surface area contributed by atoms with Gasteiger partial charge in [-0.3, -0.25) is 9.36 Å². The fraction of sp³-hybridized carbons (Fsp3) is 0.190. The van der Waals surface area contributed by atoms with Gasteiger partial charge in [0.05, 0.1) is 18.8 Å². The Bertz CT molecular complexity index is 1120. The lowest BCUT2D eigenvalue weighted by Crippen LogP contribution is -2.26. The minimum atomic E-state index is -0.538. The molecule has 2 aromatic carbocycles. The van der Waals surface area contributed by atoms with Crippen LogP contribution in [0.2, 0.25) is 5.02 Å². The topological polar surface area (TPSA) is 79.9 Å². The van der Waals surface area contributed by atoms with Crippen LogP contribution in [0, 0.1) is 17.1 Å². The molecular weight excluding hydrogens is 395 g/mol. The van der Waals surface area contributed by atoms with Crippen LogP contribution in [0.25, 0.3) is 0 Å². The summed E-state index contributed by atoms with van der Waals surface area (Å²) in [6.07, 6.45) is 1.03. The van der Waals surface area contributed by atoms with Gasteiger partial charge in [0.1, 0.15) is 11.6 Å². The van der Waals surface area contributed by atoms with Crippen LogP contribution in [0.3, 0.4) is 0 Å². The number of anilines is 2. The Labute approximate surface area is 172 Å². The molecule has 0 spiro atoms. The standard InChI is InChI=1S/C21H18ClFN4O2/c1-13(2)29-19-8-7-17(9-18(19)23)26-21-25-11-15(10-24)20(28)27(21)12-14-3-5-16(22)6-4-14/h3-9,11,13H,12H2,1-2H3,(H,25,26). The lowest BCUT2D eigenvalue weighted by molar-refractivity contribution is 0.231. The predicted octanol–water partition coefficient (Wildman–Crippen LogP) is 4.49. The lowest BCUT2D eigenvalue weighted by atomic mass is 10.2. The van der Waals surface area contributed by atoms with Crippen LogP contribution < -0.4 is 15.6 Å². The fourth-order valence-electron chi connectivity index (χ4n) is 2.64. The molecule has 148 valence electrons. The van der Waals surface area contributed by atoms with E-state index in [0.717, 1.165) is 5.56 Å². The van der Waals surface area contributed by atoms with E-state index in [-0.39, 0.29) is 29.9 Å². The summed E-state index contributed by atoms with van der Waals surface area (Å²) >= 11 is 5.91. The van der Waals surface area contributed by atoms with Crippen molar-refractivity contribution in [3.63, 3.8) is 0 Å². The zero-order chi connectivity index (χ0) is 21.0. The summed E-state index contributed by atoms with van der Waals surface area (Å²) in [5.41, 5.74) is 0.597. The highest BCUT2D eigenvalue weighted by Gasteiger charge is 2.13. The second-order valence-corrected chi connectivity index (χ2v) is 7.00. The van der Waals surface area contributed by atoms with E-state index < -0.39 is 11.4 Å². The molecule has 1 heterocycles. The van der Waals surface area contributed by atoms with Gasteiger partial charge in [-0.15, -0.1) is 0 Å². The highest BCUT2D eigenvalue weighted by atomic mass is 35.5. The third-order valence-corrected chi connectivity index (χ3v) is 4.22. The van der Waals surface area contributed by atoms with Crippen molar-refractivity contribution in [2.24, 2.45) is 0 Å². The maximum Gasteiger partial charge on any atom is 0.273 e. The van der Waals surface area contributed by atoms with Gasteiger partial charge >= 0.3 is 0 Å². The summed E-state index contributed by atoms with van der Waals surface area (Å²) in [5, 5.41) is 12.7. The van der Waals surface area contributed by atoms with Crippen molar-refractivity contribution >= 4 is 23.2 Å². The van der Waals surface area contributed by atoms with Gasteiger partial charge in [-0.2, -0.15) is 5.26 Å². The van der Waals surface area contributed by atoms with Crippen LogP contribution >= 0.6 is 11.6 Å². The van der Waals surface area contributed by atoms with Gasteiger partial charge in [-0.05, 0) is 43.7 Å². The Morgan fingerprint density at radius 1 is 1.28 bits per heavy atom. The van der Waals surface area contributed by atoms with Crippen molar-refractivity contribution in [3.8, 4) is 11.8 Å². The number of nitrogens with one attached hydrogen (secondary N) is 1. The number of nitriles is 1. The Morgan fingerprint density at radius 3 is 2.62 bits per heavy atom. The monoisotopic (exact) mass is 412 g/mol. The molecule has 6 nitrogen and oxygen atoms in total. The van der Waals surface area contributed by atoms with E-state index in [1.54, 1.807) is 30.3 Å². The number of nitrogens with zero attached hydrogens (tertiary/aromatic N) is 3. The summed E-state index contributed by atoms with van der Waals surface area (Å²) < 4.78 is 21.0. The first kappa shape index (κ1) is 20.4. The number of hydrogen-bond acceptors (Lipinski definition) is 5. The van der Waals surface area contributed by atoms with Crippen molar-refractivity contribution < 1.29 is 9.13 Å². The highest BCUT2D eigenvalue weighted by Crippen LogP contribution is 2.24. The third-order valence-electron chi connectivity index (χ3n) is 3.97. The molecule has 0 radical (unpaired) electrons. The first-order valence-electron chi connectivity index (χ1n) is 8.85. The molecule has 0 unspecified atom stereocenters. The van der Waals surface area contributed by atoms with E-state index >= 15 is 0 Å². The Morgan fingerprint density at radius 2 is 2.00 bits per heavy atom. The summed E-state index contributed by atoms with van der Waals surface area (Å²) in [7, 11) is 0. The Hall–Kier alpha value is -3.37. The van der Waals surface area contributed by atoms with Crippen LogP contribution in [0.15, 0.2) is 53.5 Å². The SMILES string of the molecule is CC(C)Oc1ccc(Nc2ncc(C#N)c(=O)n2Cc2ccc(Cl)cc2)cc1F. The average molecular weight is 413 g/mol. The quantitative estimate of drug-likeness (QED) is 0.645. The normalized spacial score (nSPS) is 10.6. The Balaban J connectivity index is 1.96. The minimum Gasteiger partial charge on any atom is -0.488 e. The van der Waals surface area contributed by atoms with Crippen molar-refractivity contribution in [3.05, 3.63) is 81.0 Å². The maximum atomic E-state index is 14.3. The lowest BCUT2D eigenvalue weighted by Gasteiger charge is -2.15. The number of rotatable bonds is 6. The minimum absolute atomic E-state index is 0.0867. The van der Waals surface area contributed by atoms with Gasteiger partial charge in [0.15, 0.2) is 11.6 Å².